The van der Waals surface area contributed by atoms with Gasteiger partial charge in [0, 0.05) is 12.8 Å². The second-order valence-electron chi connectivity index (χ2n) is 4.53. The lowest BCUT2D eigenvalue weighted by Gasteiger charge is -2.18. The Labute approximate surface area is 104 Å². The average molecular weight is 255 g/mol. The van der Waals surface area contributed by atoms with Gasteiger partial charge in [0.25, 0.3) is 0 Å². The zero-order valence-corrected chi connectivity index (χ0v) is 11.5. The second-order valence-corrected chi connectivity index (χ2v) is 6.79. The highest BCUT2D eigenvalue weighted by atomic mass is 32.2. The Kier molecular flexibility index (Phi) is 5.15. The van der Waals surface area contributed by atoms with Gasteiger partial charge in [0.05, 0.1) is 5.75 Å². The van der Waals surface area contributed by atoms with Crippen molar-refractivity contribution < 1.29 is 8.42 Å². The molecule has 0 spiro atoms. The highest BCUT2D eigenvalue weighted by Gasteiger charge is 2.15. The van der Waals surface area contributed by atoms with Crippen LogP contribution in [0.1, 0.15) is 23.5 Å². The molecule has 4 heteroatoms. The van der Waals surface area contributed by atoms with Crippen LogP contribution in [-0.2, 0) is 9.84 Å². The summed E-state index contributed by atoms with van der Waals surface area (Å²) < 4.78 is 22.5. The summed E-state index contributed by atoms with van der Waals surface area (Å²) in [5, 5.41) is 3.13. The van der Waals surface area contributed by atoms with E-state index in [4.69, 9.17) is 0 Å². The van der Waals surface area contributed by atoms with Gasteiger partial charge in [-0.15, -0.1) is 0 Å². The molecule has 1 aromatic rings. The van der Waals surface area contributed by atoms with Gasteiger partial charge in [-0.25, -0.2) is 8.42 Å². The minimum Gasteiger partial charge on any atom is -0.319 e. The fourth-order valence-electron chi connectivity index (χ4n) is 2.02. The monoisotopic (exact) mass is 255 g/mol. The first-order valence-electron chi connectivity index (χ1n) is 5.82. The Morgan fingerprint density at radius 2 is 1.94 bits per heavy atom. The lowest BCUT2D eigenvalue weighted by molar-refractivity contribution is 0.577. The molecule has 0 bridgehead atoms. The molecule has 1 atom stereocenters. The zero-order valence-electron chi connectivity index (χ0n) is 10.7. The smallest absolute Gasteiger partial charge is 0.147 e. The van der Waals surface area contributed by atoms with Gasteiger partial charge in [-0.05, 0) is 37.4 Å². The fourth-order valence-corrected chi connectivity index (χ4v) is 2.73. The van der Waals surface area contributed by atoms with Gasteiger partial charge in [-0.3, -0.25) is 0 Å². The molecule has 0 aliphatic carbocycles. The molecule has 0 radical (unpaired) electrons. The van der Waals surface area contributed by atoms with E-state index in [-0.39, 0.29) is 11.7 Å². The highest BCUT2D eigenvalue weighted by Crippen LogP contribution is 2.22. The van der Waals surface area contributed by atoms with Crippen LogP contribution < -0.4 is 5.32 Å². The maximum atomic E-state index is 11.2. The molecule has 96 valence electrons. The van der Waals surface area contributed by atoms with Crippen LogP contribution in [-0.4, -0.2) is 34.0 Å². The van der Waals surface area contributed by atoms with Crippen LogP contribution in [0.3, 0.4) is 0 Å². The molecule has 17 heavy (non-hydrogen) atoms. The number of hydrogen-bond acceptors (Lipinski definition) is 3. The van der Waals surface area contributed by atoms with Crippen LogP contribution in [0.5, 0.6) is 0 Å². The van der Waals surface area contributed by atoms with Crippen molar-refractivity contribution in [2.45, 2.75) is 19.3 Å². The van der Waals surface area contributed by atoms with Crippen molar-refractivity contribution in [3.63, 3.8) is 0 Å². The molecule has 1 rings (SSSR count). The largest absolute Gasteiger partial charge is 0.319 e. The van der Waals surface area contributed by atoms with Crippen molar-refractivity contribution in [3.8, 4) is 0 Å². The minimum absolute atomic E-state index is 0.244. The van der Waals surface area contributed by atoms with Crippen molar-refractivity contribution in [1.82, 2.24) is 5.32 Å². The molecule has 0 aromatic heterocycles. The van der Waals surface area contributed by atoms with E-state index in [2.05, 4.69) is 24.4 Å². The number of likely N-dealkylation sites (N-methyl/N-ethyl adjacent to an activating group) is 1. The summed E-state index contributed by atoms with van der Waals surface area (Å²) in [6, 6.07) is 8.16. The molecule has 1 aromatic carbocycles. The Hall–Kier alpha value is -0.870. The average Bonchev–Trinajstić information content (AvgIpc) is 2.24. The van der Waals surface area contributed by atoms with E-state index in [1.54, 1.807) is 0 Å². The normalized spacial score (nSPS) is 13.6. The minimum atomic E-state index is -2.89. The maximum absolute atomic E-state index is 11.2. The molecule has 0 amide bonds. The van der Waals surface area contributed by atoms with Crippen molar-refractivity contribution in [2.75, 3.05) is 25.6 Å². The summed E-state index contributed by atoms with van der Waals surface area (Å²) >= 11 is 0. The van der Waals surface area contributed by atoms with Crippen LogP contribution in [0, 0.1) is 6.92 Å². The van der Waals surface area contributed by atoms with Crippen LogP contribution in [0.4, 0.5) is 0 Å². The van der Waals surface area contributed by atoms with Crippen LogP contribution in [0.25, 0.3) is 0 Å². The third-order valence-electron chi connectivity index (χ3n) is 2.92. The number of sulfone groups is 1. The van der Waals surface area contributed by atoms with E-state index >= 15 is 0 Å². The molecule has 0 aliphatic heterocycles. The molecule has 0 aliphatic rings. The van der Waals surface area contributed by atoms with E-state index < -0.39 is 9.84 Å². The SMILES string of the molecule is CNCC(CCS(C)(=O)=O)c1ccccc1C. The van der Waals surface area contributed by atoms with Crippen LogP contribution in [0.15, 0.2) is 24.3 Å². The van der Waals surface area contributed by atoms with Crippen LogP contribution >= 0.6 is 0 Å². The van der Waals surface area contributed by atoms with Gasteiger partial charge in [0.2, 0.25) is 0 Å². The summed E-state index contributed by atoms with van der Waals surface area (Å²) in [4.78, 5) is 0. The van der Waals surface area contributed by atoms with Gasteiger partial charge in [-0.2, -0.15) is 0 Å². The molecule has 1 N–H and O–H groups in total. The Morgan fingerprint density at radius 3 is 2.47 bits per heavy atom. The van der Waals surface area contributed by atoms with Crippen LogP contribution in [0.2, 0.25) is 0 Å². The zero-order chi connectivity index (χ0) is 12.9. The summed E-state index contributed by atoms with van der Waals surface area (Å²) in [6.45, 7) is 2.87. The van der Waals surface area contributed by atoms with Crippen molar-refractivity contribution in [3.05, 3.63) is 35.4 Å². The summed E-state index contributed by atoms with van der Waals surface area (Å²) in [5.41, 5.74) is 2.46. The summed E-state index contributed by atoms with van der Waals surface area (Å²) in [7, 11) is -0.992. The van der Waals surface area contributed by atoms with Gasteiger partial charge >= 0.3 is 0 Å². The predicted molar refractivity (Wildman–Crippen MR) is 72.2 cm³/mol. The number of hydrogen-bond donors (Lipinski definition) is 1. The van der Waals surface area contributed by atoms with E-state index in [0.29, 0.717) is 6.42 Å². The van der Waals surface area contributed by atoms with E-state index in [1.807, 2.05) is 19.2 Å². The molecular formula is C13H21NO2S. The Morgan fingerprint density at radius 1 is 1.29 bits per heavy atom. The van der Waals surface area contributed by atoms with Crippen molar-refractivity contribution >= 4 is 9.84 Å². The third kappa shape index (κ3) is 4.88. The number of nitrogens with one attached hydrogen (secondary N) is 1. The molecule has 1 unspecified atom stereocenters. The fraction of sp³-hybridized carbons (Fsp3) is 0.538. The first-order chi connectivity index (χ1) is 7.94. The Balaban J connectivity index is 2.82. The van der Waals surface area contributed by atoms with E-state index in [1.165, 1.54) is 17.4 Å². The first-order valence-corrected chi connectivity index (χ1v) is 7.88. The van der Waals surface area contributed by atoms with Gasteiger partial charge in [0.15, 0.2) is 0 Å². The highest BCUT2D eigenvalue weighted by molar-refractivity contribution is 7.90. The second kappa shape index (κ2) is 6.17. The van der Waals surface area contributed by atoms with E-state index in [0.717, 1.165) is 6.54 Å². The topological polar surface area (TPSA) is 46.2 Å². The Bertz CT molecular complexity index is 454. The number of benzene rings is 1. The van der Waals surface area contributed by atoms with Crippen molar-refractivity contribution in [1.29, 1.82) is 0 Å². The quantitative estimate of drug-likeness (QED) is 0.842. The third-order valence-corrected chi connectivity index (χ3v) is 3.89. The van der Waals surface area contributed by atoms with Gasteiger partial charge in [0.1, 0.15) is 9.84 Å². The predicted octanol–water partition coefficient (Wildman–Crippen LogP) is 1.73. The number of rotatable bonds is 6. The summed E-state index contributed by atoms with van der Waals surface area (Å²) in [6.07, 6.45) is 1.96. The molecule has 0 saturated heterocycles. The van der Waals surface area contributed by atoms with Crippen molar-refractivity contribution in [2.24, 2.45) is 0 Å². The maximum Gasteiger partial charge on any atom is 0.147 e. The molecule has 0 fully saturated rings. The molecule has 0 heterocycles. The standard InChI is InChI=1S/C13H21NO2S/c1-11-6-4-5-7-13(11)12(10-14-2)8-9-17(3,15)16/h4-7,12,14H,8-10H2,1-3H3. The molecule has 3 nitrogen and oxygen atoms in total. The van der Waals surface area contributed by atoms with E-state index in [9.17, 15) is 8.42 Å². The summed E-state index contributed by atoms with van der Waals surface area (Å²) in [5.74, 6) is 0.504. The lowest BCUT2D eigenvalue weighted by atomic mass is 9.92. The molecular weight excluding hydrogens is 234 g/mol. The van der Waals surface area contributed by atoms with Gasteiger partial charge < -0.3 is 5.32 Å². The first kappa shape index (κ1) is 14.2. The molecule has 0 saturated carbocycles. The van der Waals surface area contributed by atoms with Gasteiger partial charge in [-0.1, -0.05) is 24.3 Å². The number of aryl methyl sites for hydroxylation is 1. The lowest BCUT2D eigenvalue weighted by Crippen LogP contribution is -2.20.